The first kappa shape index (κ1) is 24.5. The molecular formula is C23H35N3O5S. The lowest BCUT2D eigenvalue weighted by molar-refractivity contribution is -0.136. The molecule has 0 radical (unpaired) electrons. The van der Waals surface area contributed by atoms with Crippen LogP contribution < -0.4 is 4.74 Å². The summed E-state index contributed by atoms with van der Waals surface area (Å²) in [5.74, 6) is 1.09. The molecule has 0 aliphatic carbocycles. The predicted molar refractivity (Wildman–Crippen MR) is 123 cm³/mol. The third-order valence-corrected chi connectivity index (χ3v) is 8.43. The van der Waals surface area contributed by atoms with Crippen LogP contribution in [0.1, 0.15) is 31.7 Å². The molecule has 2 fully saturated rings. The second-order valence-corrected chi connectivity index (χ2v) is 11.0. The van der Waals surface area contributed by atoms with Gasteiger partial charge in [0.1, 0.15) is 5.75 Å². The van der Waals surface area contributed by atoms with Gasteiger partial charge in [-0.1, -0.05) is 12.1 Å². The molecule has 0 spiro atoms. The Labute approximate surface area is 191 Å². The summed E-state index contributed by atoms with van der Waals surface area (Å²) in [5, 5.41) is 0. The minimum Gasteiger partial charge on any atom is -0.497 e. The summed E-state index contributed by atoms with van der Waals surface area (Å²) in [4.78, 5) is 31.3. The van der Waals surface area contributed by atoms with Gasteiger partial charge in [-0.15, -0.1) is 0 Å². The number of aryl methyl sites for hydroxylation is 1. The summed E-state index contributed by atoms with van der Waals surface area (Å²) in [6, 6.07) is 7.20. The molecule has 2 aliphatic heterocycles. The summed E-state index contributed by atoms with van der Waals surface area (Å²) in [7, 11) is 0.303. The van der Waals surface area contributed by atoms with E-state index in [1.807, 2.05) is 36.1 Å². The third kappa shape index (κ3) is 6.22. The van der Waals surface area contributed by atoms with Gasteiger partial charge in [0.25, 0.3) is 0 Å². The lowest BCUT2D eigenvalue weighted by Gasteiger charge is -2.32. The maximum absolute atomic E-state index is 13.0. The van der Waals surface area contributed by atoms with Crippen molar-refractivity contribution in [3.05, 3.63) is 29.8 Å². The second-order valence-electron chi connectivity index (χ2n) is 8.80. The smallest absolute Gasteiger partial charge is 0.239 e. The molecular weight excluding hydrogens is 430 g/mol. The zero-order chi connectivity index (χ0) is 23.3. The van der Waals surface area contributed by atoms with Gasteiger partial charge in [-0.05, 0) is 43.9 Å². The van der Waals surface area contributed by atoms with Crippen molar-refractivity contribution >= 4 is 21.7 Å². The van der Waals surface area contributed by atoms with E-state index in [-0.39, 0.29) is 35.4 Å². The van der Waals surface area contributed by atoms with E-state index in [9.17, 15) is 18.0 Å². The fraction of sp³-hybridized carbons (Fsp3) is 0.652. The van der Waals surface area contributed by atoms with Crippen molar-refractivity contribution in [3.8, 4) is 5.75 Å². The van der Waals surface area contributed by atoms with E-state index in [4.69, 9.17) is 4.74 Å². The van der Waals surface area contributed by atoms with Gasteiger partial charge in [-0.2, -0.15) is 0 Å². The molecule has 2 atom stereocenters. The average Bonchev–Trinajstić information content (AvgIpc) is 3.00. The molecule has 0 saturated carbocycles. The lowest BCUT2D eigenvalue weighted by Crippen LogP contribution is -2.50. The fourth-order valence-electron chi connectivity index (χ4n) is 4.49. The van der Waals surface area contributed by atoms with Crippen LogP contribution in [0.25, 0.3) is 0 Å². The van der Waals surface area contributed by atoms with Crippen LogP contribution in [0, 0.1) is 0 Å². The first-order valence-corrected chi connectivity index (χ1v) is 13.1. The number of benzene rings is 1. The Hall–Kier alpha value is -2.13. The van der Waals surface area contributed by atoms with Gasteiger partial charge in [0, 0.05) is 45.7 Å². The highest BCUT2D eigenvalue weighted by molar-refractivity contribution is 7.91. The number of amides is 2. The maximum Gasteiger partial charge on any atom is 0.239 e. The van der Waals surface area contributed by atoms with Crippen LogP contribution in [0.5, 0.6) is 5.75 Å². The minimum absolute atomic E-state index is 0.0496. The number of ether oxygens (including phenoxy) is 1. The van der Waals surface area contributed by atoms with Gasteiger partial charge in [-0.3, -0.25) is 14.5 Å². The minimum atomic E-state index is -3.03. The van der Waals surface area contributed by atoms with Crippen LogP contribution in [-0.2, 0) is 25.8 Å². The van der Waals surface area contributed by atoms with Crippen LogP contribution in [-0.4, -0.2) is 98.9 Å². The van der Waals surface area contributed by atoms with E-state index in [1.165, 1.54) is 0 Å². The number of carbonyl (C=O) groups excluding carboxylic acids is 2. The van der Waals surface area contributed by atoms with Crippen molar-refractivity contribution in [2.24, 2.45) is 0 Å². The van der Waals surface area contributed by atoms with Crippen molar-refractivity contribution in [3.63, 3.8) is 0 Å². The number of hydrogen-bond acceptors (Lipinski definition) is 6. The molecule has 2 unspecified atom stereocenters. The molecule has 2 amide bonds. The highest BCUT2D eigenvalue weighted by Gasteiger charge is 2.35. The molecule has 0 N–H and O–H groups in total. The van der Waals surface area contributed by atoms with Crippen LogP contribution in [0.3, 0.4) is 0 Å². The van der Waals surface area contributed by atoms with Gasteiger partial charge in [0.2, 0.25) is 11.8 Å². The quantitative estimate of drug-likeness (QED) is 0.601. The van der Waals surface area contributed by atoms with E-state index in [2.05, 4.69) is 4.90 Å². The number of likely N-dealkylation sites (N-methyl/N-ethyl adjacent to an activating group) is 1. The molecule has 3 rings (SSSR count). The molecule has 9 heteroatoms. The summed E-state index contributed by atoms with van der Waals surface area (Å²) >= 11 is 0. The van der Waals surface area contributed by atoms with Crippen LogP contribution in [0.15, 0.2) is 24.3 Å². The topological polar surface area (TPSA) is 87.2 Å². The Bertz CT molecular complexity index is 903. The molecule has 32 heavy (non-hydrogen) atoms. The summed E-state index contributed by atoms with van der Waals surface area (Å²) in [6.07, 6.45) is 2.47. The standard InChI is InChI=1S/C23H35N3O5S/c1-18(23(28)24(2)20-11-16-32(29,30)17-20)25-12-4-13-26(15-14-25)22(27)10-7-19-5-8-21(31-3)9-6-19/h5-6,8-9,18,20H,4,7,10-17H2,1-3H3. The second kappa shape index (κ2) is 10.7. The van der Waals surface area contributed by atoms with Crippen LogP contribution in [0.4, 0.5) is 0 Å². The Kier molecular flexibility index (Phi) is 8.16. The molecule has 178 valence electrons. The number of carbonyl (C=O) groups is 2. The number of methoxy groups -OCH3 is 1. The largest absolute Gasteiger partial charge is 0.497 e. The highest BCUT2D eigenvalue weighted by Crippen LogP contribution is 2.19. The van der Waals surface area contributed by atoms with Crippen molar-refractivity contribution in [1.82, 2.24) is 14.7 Å². The third-order valence-electron chi connectivity index (χ3n) is 6.68. The highest BCUT2D eigenvalue weighted by atomic mass is 32.2. The molecule has 2 aliphatic rings. The van der Waals surface area contributed by atoms with Gasteiger partial charge >= 0.3 is 0 Å². The molecule has 8 nitrogen and oxygen atoms in total. The van der Waals surface area contributed by atoms with Gasteiger partial charge in [0.15, 0.2) is 9.84 Å². The fourth-order valence-corrected chi connectivity index (χ4v) is 6.26. The molecule has 1 aromatic carbocycles. The SMILES string of the molecule is COc1ccc(CCC(=O)N2CCCN(C(C)C(=O)N(C)C3CCS(=O)(=O)C3)CC2)cc1. The van der Waals surface area contributed by atoms with Crippen molar-refractivity contribution < 1.29 is 22.7 Å². The molecule has 2 heterocycles. The molecule has 0 bridgehead atoms. The zero-order valence-corrected chi connectivity index (χ0v) is 20.1. The van der Waals surface area contributed by atoms with Crippen molar-refractivity contribution in [1.29, 1.82) is 0 Å². The summed E-state index contributed by atoms with van der Waals surface area (Å²) in [6.45, 7) is 4.55. The normalized spacial score (nSPS) is 22.2. The van der Waals surface area contributed by atoms with Gasteiger partial charge < -0.3 is 14.5 Å². The number of sulfone groups is 1. The van der Waals surface area contributed by atoms with Crippen molar-refractivity contribution in [2.45, 2.75) is 44.7 Å². The predicted octanol–water partition coefficient (Wildman–Crippen LogP) is 1.20. The van der Waals surface area contributed by atoms with Crippen LogP contribution >= 0.6 is 0 Å². The Balaban J connectivity index is 1.49. The maximum atomic E-state index is 13.0. The number of rotatable bonds is 7. The van der Waals surface area contributed by atoms with Crippen LogP contribution in [0.2, 0.25) is 0 Å². The molecule has 0 aromatic heterocycles. The van der Waals surface area contributed by atoms with E-state index in [0.717, 1.165) is 24.3 Å². The van der Waals surface area contributed by atoms with Crippen molar-refractivity contribution in [2.75, 3.05) is 51.8 Å². The Morgan fingerprint density at radius 3 is 2.50 bits per heavy atom. The number of hydrogen-bond donors (Lipinski definition) is 0. The Morgan fingerprint density at radius 2 is 1.88 bits per heavy atom. The summed E-state index contributed by atoms with van der Waals surface area (Å²) in [5.41, 5.74) is 1.10. The monoisotopic (exact) mass is 465 g/mol. The first-order valence-electron chi connectivity index (χ1n) is 11.3. The lowest BCUT2D eigenvalue weighted by atomic mass is 10.1. The zero-order valence-electron chi connectivity index (χ0n) is 19.3. The van der Waals surface area contributed by atoms with E-state index >= 15 is 0 Å². The summed E-state index contributed by atoms with van der Waals surface area (Å²) < 4.78 is 28.7. The van der Waals surface area contributed by atoms with Gasteiger partial charge in [-0.25, -0.2) is 8.42 Å². The van der Waals surface area contributed by atoms with E-state index in [1.54, 1.807) is 19.1 Å². The molecule has 2 saturated heterocycles. The average molecular weight is 466 g/mol. The van der Waals surface area contributed by atoms with E-state index in [0.29, 0.717) is 38.9 Å². The first-order chi connectivity index (χ1) is 15.2. The van der Waals surface area contributed by atoms with E-state index < -0.39 is 9.84 Å². The Morgan fingerprint density at radius 1 is 1.16 bits per heavy atom. The van der Waals surface area contributed by atoms with Gasteiger partial charge in [0.05, 0.1) is 24.7 Å². The number of nitrogens with zero attached hydrogens (tertiary/aromatic N) is 3. The molecule has 1 aromatic rings.